The zero-order chi connectivity index (χ0) is 16.1. The number of piperidine rings is 1. The maximum Gasteiger partial charge on any atom is 0.0936 e. The zero-order valence-corrected chi connectivity index (χ0v) is 14.3. The second-order valence-corrected chi connectivity index (χ2v) is 6.95. The third kappa shape index (κ3) is 4.90. The van der Waals surface area contributed by atoms with E-state index >= 15 is 0 Å². The van der Waals surface area contributed by atoms with Crippen LogP contribution in [-0.2, 0) is 9.47 Å². The van der Waals surface area contributed by atoms with E-state index in [-0.39, 0.29) is 7.53 Å². The summed E-state index contributed by atoms with van der Waals surface area (Å²) in [6, 6.07) is 2.77. The van der Waals surface area contributed by atoms with Gasteiger partial charge in [-0.3, -0.25) is 4.98 Å². The summed E-state index contributed by atoms with van der Waals surface area (Å²) >= 11 is 0. The van der Waals surface area contributed by atoms with Crippen LogP contribution in [0.25, 0.3) is 0 Å². The molecule has 0 aromatic carbocycles. The summed E-state index contributed by atoms with van der Waals surface area (Å²) in [5.41, 5.74) is 2.44. The number of hydrogen-bond donors (Lipinski definition) is 1. The number of nitrogens with one attached hydrogen (secondary N) is 1. The number of aromatic nitrogens is 1. The Balaban J connectivity index is 0.00000208. The van der Waals surface area contributed by atoms with Crippen molar-refractivity contribution >= 4 is 5.69 Å². The van der Waals surface area contributed by atoms with Gasteiger partial charge in [0.2, 0.25) is 0 Å². The summed E-state index contributed by atoms with van der Waals surface area (Å²) in [7, 11) is 0. The van der Waals surface area contributed by atoms with Crippen molar-refractivity contribution < 1.29 is 10.9 Å². The van der Waals surface area contributed by atoms with Crippen LogP contribution in [0.1, 0.15) is 39.6 Å². The minimum atomic E-state index is 0. The molecule has 5 heteroatoms. The molecule has 3 heterocycles. The first-order chi connectivity index (χ1) is 11.2. The maximum atomic E-state index is 5.75. The van der Waals surface area contributed by atoms with Crippen molar-refractivity contribution in [3.8, 4) is 0 Å². The van der Waals surface area contributed by atoms with Crippen LogP contribution < -0.4 is 5.32 Å². The molecule has 1 unspecified atom stereocenters. The summed E-state index contributed by atoms with van der Waals surface area (Å²) < 4.78 is 11.2. The Hall–Kier alpha value is -1.17. The van der Waals surface area contributed by atoms with Crippen LogP contribution >= 0.6 is 0 Å². The Bertz CT molecular complexity index is 487. The van der Waals surface area contributed by atoms with Gasteiger partial charge >= 0.3 is 0 Å². The fraction of sp³-hybridized carbons (Fsp3) is 0.722. The van der Waals surface area contributed by atoms with Crippen LogP contribution in [0, 0.1) is 0 Å². The maximum absolute atomic E-state index is 5.75. The smallest absolute Gasteiger partial charge is 0.0936 e. The number of pyridine rings is 1. The second-order valence-electron chi connectivity index (χ2n) is 6.95. The molecule has 2 aliphatic rings. The van der Waals surface area contributed by atoms with E-state index in [9.17, 15) is 0 Å². The van der Waals surface area contributed by atoms with Crippen LogP contribution in [0.3, 0.4) is 0 Å². The molecule has 2 fully saturated rings. The van der Waals surface area contributed by atoms with Gasteiger partial charge in [0.05, 0.1) is 31.6 Å². The molecule has 130 valence electrons. The third-order valence-corrected chi connectivity index (χ3v) is 4.73. The number of anilines is 1. The molecule has 5 nitrogen and oxygen atoms in total. The van der Waals surface area contributed by atoms with Gasteiger partial charge in [-0.1, -0.05) is 13.8 Å². The molecular weight excluding hydrogens is 290 g/mol. The average Bonchev–Trinajstić information content (AvgIpc) is 2.58. The van der Waals surface area contributed by atoms with Gasteiger partial charge in [-0.2, -0.15) is 0 Å². The predicted octanol–water partition coefficient (Wildman–Crippen LogP) is 2.74. The molecule has 0 bridgehead atoms. The first kappa shape index (κ1) is 16.7. The number of hydrogen-bond acceptors (Lipinski definition) is 5. The third-order valence-electron chi connectivity index (χ3n) is 4.73. The van der Waals surface area contributed by atoms with Gasteiger partial charge in [-0.25, -0.2) is 0 Å². The molecule has 3 rings (SSSR count). The van der Waals surface area contributed by atoms with Crippen molar-refractivity contribution in [2.75, 3.05) is 44.8 Å². The van der Waals surface area contributed by atoms with Crippen molar-refractivity contribution in [2.45, 2.75) is 44.8 Å². The van der Waals surface area contributed by atoms with Crippen molar-refractivity contribution in [1.82, 2.24) is 9.88 Å². The molecule has 2 saturated heterocycles. The Morgan fingerprint density at radius 2 is 2.13 bits per heavy atom. The van der Waals surface area contributed by atoms with Crippen LogP contribution in [0.4, 0.5) is 5.69 Å². The van der Waals surface area contributed by atoms with E-state index in [1.165, 1.54) is 18.4 Å². The summed E-state index contributed by atoms with van der Waals surface area (Å²) in [5.74, 6) is 0.517. The van der Waals surface area contributed by atoms with E-state index < -0.39 is 0 Å². The zero-order valence-electron chi connectivity index (χ0n) is 14.3. The van der Waals surface area contributed by atoms with Crippen molar-refractivity contribution in [3.05, 3.63) is 24.0 Å². The monoisotopic (exact) mass is 321 g/mol. The fourth-order valence-corrected chi connectivity index (χ4v) is 3.28. The van der Waals surface area contributed by atoms with Crippen molar-refractivity contribution in [2.24, 2.45) is 0 Å². The van der Waals surface area contributed by atoms with Gasteiger partial charge < -0.3 is 19.7 Å². The minimum absolute atomic E-state index is 0. The molecule has 2 aliphatic heterocycles. The Labute approximate surface area is 140 Å². The number of likely N-dealkylation sites (tertiary alicyclic amines) is 1. The standard InChI is InChI=1S/C18H29N3O2.H2/c1-14(2)15-9-17(11-19-10-15)20-16-3-5-21(6-4-16)12-18-13-22-7-8-23-18;/h9-11,14,16,18,20H,3-8,12-13H2,1-2H3;1H. The van der Waals surface area contributed by atoms with Gasteiger partial charge in [-0.15, -0.1) is 0 Å². The number of nitrogens with zero attached hydrogens (tertiary/aromatic N) is 2. The molecule has 23 heavy (non-hydrogen) atoms. The lowest BCUT2D eigenvalue weighted by Gasteiger charge is -2.35. The molecule has 0 aliphatic carbocycles. The topological polar surface area (TPSA) is 46.6 Å². The normalized spacial score (nSPS) is 24.0. The quantitative estimate of drug-likeness (QED) is 0.903. The molecule has 1 aromatic heterocycles. The van der Waals surface area contributed by atoms with Crippen molar-refractivity contribution in [1.29, 1.82) is 0 Å². The second kappa shape index (κ2) is 8.08. The molecule has 0 radical (unpaired) electrons. The first-order valence-corrected chi connectivity index (χ1v) is 8.84. The Kier molecular flexibility index (Phi) is 5.86. The summed E-state index contributed by atoms with van der Waals surface area (Å²) in [4.78, 5) is 6.86. The van der Waals surface area contributed by atoms with E-state index in [4.69, 9.17) is 9.47 Å². The lowest BCUT2D eigenvalue weighted by Crippen LogP contribution is -2.45. The van der Waals surface area contributed by atoms with Crippen LogP contribution in [0.15, 0.2) is 18.5 Å². The lowest BCUT2D eigenvalue weighted by molar-refractivity contribution is -0.0986. The lowest BCUT2D eigenvalue weighted by atomic mass is 10.0. The van der Waals surface area contributed by atoms with Gasteiger partial charge in [0, 0.05) is 39.5 Å². The largest absolute Gasteiger partial charge is 0.381 e. The molecule has 0 saturated carbocycles. The average molecular weight is 321 g/mol. The van der Waals surface area contributed by atoms with Crippen LogP contribution in [0.2, 0.25) is 0 Å². The highest BCUT2D eigenvalue weighted by Gasteiger charge is 2.23. The molecule has 1 N–H and O–H groups in total. The molecule has 1 aromatic rings. The first-order valence-electron chi connectivity index (χ1n) is 8.84. The van der Waals surface area contributed by atoms with Gasteiger partial charge in [0.25, 0.3) is 0 Å². The Morgan fingerprint density at radius 1 is 1.30 bits per heavy atom. The predicted molar refractivity (Wildman–Crippen MR) is 94.1 cm³/mol. The van der Waals surface area contributed by atoms with E-state index in [1.807, 2.05) is 12.4 Å². The van der Waals surface area contributed by atoms with Gasteiger partial charge in [0.1, 0.15) is 0 Å². The highest BCUT2D eigenvalue weighted by molar-refractivity contribution is 5.44. The van der Waals surface area contributed by atoms with Gasteiger partial charge in [-0.05, 0) is 30.4 Å². The summed E-state index contributed by atoms with van der Waals surface area (Å²) in [5, 5.41) is 3.66. The highest BCUT2D eigenvalue weighted by atomic mass is 16.6. The van der Waals surface area contributed by atoms with Gasteiger partial charge in [0.15, 0.2) is 0 Å². The van der Waals surface area contributed by atoms with Crippen molar-refractivity contribution in [3.63, 3.8) is 0 Å². The minimum Gasteiger partial charge on any atom is -0.381 e. The highest BCUT2D eigenvalue weighted by Crippen LogP contribution is 2.20. The van der Waals surface area contributed by atoms with E-state index in [2.05, 4.69) is 35.1 Å². The van der Waals surface area contributed by atoms with Crippen LogP contribution in [-0.4, -0.2) is 61.5 Å². The molecule has 0 amide bonds. The molecule has 0 spiro atoms. The fourth-order valence-electron chi connectivity index (χ4n) is 3.28. The Morgan fingerprint density at radius 3 is 2.83 bits per heavy atom. The summed E-state index contributed by atoms with van der Waals surface area (Å²) in [6.45, 7) is 9.87. The molecule has 1 atom stereocenters. The van der Waals surface area contributed by atoms with E-state index in [0.29, 0.717) is 12.0 Å². The number of rotatable bonds is 5. The summed E-state index contributed by atoms with van der Waals surface area (Å²) in [6.07, 6.45) is 6.48. The van der Waals surface area contributed by atoms with E-state index in [1.54, 1.807) is 0 Å². The molecular formula is C18H31N3O2. The SMILES string of the molecule is CC(C)c1cncc(NC2CCN(CC3COCCO3)CC2)c1.[HH]. The number of ether oxygens (including phenoxy) is 2. The van der Waals surface area contributed by atoms with E-state index in [0.717, 1.165) is 45.1 Å². The van der Waals surface area contributed by atoms with Crippen LogP contribution in [0.5, 0.6) is 0 Å².